The molecule has 4 nitrogen and oxygen atoms in total. The van der Waals surface area contributed by atoms with Crippen molar-refractivity contribution in [2.75, 3.05) is 33.5 Å². The van der Waals surface area contributed by atoms with Gasteiger partial charge >= 0.3 is 8.80 Å². The van der Waals surface area contributed by atoms with E-state index in [1.165, 1.54) is 0 Å². The largest absolute Gasteiger partial charge is 0.537 e. The van der Waals surface area contributed by atoms with Crippen molar-refractivity contribution in [2.45, 2.75) is 13.8 Å². The van der Waals surface area contributed by atoms with E-state index in [0.29, 0.717) is 26.4 Å². The Kier molecular flexibility index (Phi) is 7.15. The van der Waals surface area contributed by atoms with Gasteiger partial charge in [-0.2, -0.15) is 0 Å². The van der Waals surface area contributed by atoms with E-state index in [0.717, 1.165) is 5.19 Å². The fraction of sp³-hybridized carbons (Fsp3) is 0.538. The van der Waals surface area contributed by atoms with Crippen LogP contribution in [0.1, 0.15) is 13.8 Å². The molecule has 1 rings (SSSR count). The van der Waals surface area contributed by atoms with Gasteiger partial charge in [0.1, 0.15) is 0 Å². The van der Waals surface area contributed by atoms with Crippen LogP contribution in [0.5, 0.6) is 0 Å². The molecule has 0 aliphatic rings. The summed E-state index contributed by atoms with van der Waals surface area (Å²) >= 11 is 0. The monoisotopic (exact) mass is 270 g/mol. The smallest absolute Gasteiger partial charge is 0.382 e. The third-order valence-electron chi connectivity index (χ3n) is 2.38. The molecule has 1 aromatic rings. The second-order valence-electron chi connectivity index (χ2n) is 3.63. The van der Waals surface area contributed by atoms with Crippen LogP contribution in [-0.2, 0) is 18.0 Å². The molecule has 0 amide bonds. The Hall–Kier alpha value is -0.723. The minimum atomic E-state index is -2.79. The molecular weight excluding hydrogens is 248 g/mol. The topological polar surface area (TPSA) is 36.9 Å². The van der Waals surface area contributed by atoms with Gasteiger partial charge in [0.15, 0.2) is 0 Å². The van der Waals surface area contributed by atoms with Crippen LogP contribution in [0.3, 0.4) is 0 Å². The van der Waals surface area contributed by atoms with Crippen LogP contribution < -0.4 is 5.19 Å². The Morgan fingerprint density at radius 3 is 2.00 bits per heavy atom. The second kappa shape index (κ2) is 8.39. The highest BCUT2D eigenvalue weighted by atomic mass is 28.4. The van der Waals surface area contributed by atoms with E-state index in [4.69, 9.17) is 18.0 Å². The molecule has 0 aliphatic heterocycles. The molecule has 18 heavy (non-hydrogen) atoms. The maximum Gasteiger partial charge on any atom is 0.537 e. The molecule has 0 saturated carbocycles. The lowest BCUT2D eigenvalue weighted by Gasteiger charge is -2.28. The number of ether oxygens (including phenoxy) is 1. The molecule has 0 fully saturated rings. The quantitative estimate of drug-likeness (QED) is 0.504. The summed E-state index contributed by atoms with van der Waals surface area (Å²) in [6.07, 6.45) is 0. The molecule has 0 spiro atoms. The van der Waals surface area contributed by atoms with Gasteiger partial charge in [-0.3, -0.25) is 0 Å². The summed E-state index contributed by atoms with van der Waals surface area (Å²) in [6.45, 7) is 6.02. The maximum atomic E-state index is 5.91. The molecular formula is C13H22O4Si. The van der Waals surface area contributed by atoms with Gasteiger partial charge in [-0.15, -0.1) is 0 Å². The van der Waals surface area contributed by atoms with Crippen LogP contribution >= 0.6 is 0 Å². The summed E-state index contributed by atoms with van der Waals surface area (Å²) in [6, 6.07) is 9.88. The molecule has 0 radical (unpaired) electrons. The fourth-order valence-electron chi connectivity index (χ4n) is 1.66. The van der Waals surface area contributed by atoms with E-state index >= 15 is 0 Å². The van der Waals surface area contributed by atoms with Crippen LogP contribution in [0.2, 0.25) is 0 Å². The Morgan fingerprint density at radius 2 is 1.50 bits per heavy atom. The standard InChI is InChI=1S/C13H22O4Si/c1-4-15-18(16-5-2,17-12-11-14-3)13-9-7-6-8-10-13/h6-10H,4-5,11-12H2,1-3H3. The predicted molar refractivity (Wildman–Crippen MR) is 72.9 cm³/mol. The molecule has 102 valence electrons. The summed E-state index contributed by atoms with van der Waals surface area (Å²) in [5, 5.41) is 0.991. The highest BCUT2D eigenvalue weighted by Gasteiger charge is 2.43. The van der Waals surface area contributed by atoms with Crippen molar-refractivity contribution in [3.05, 3.63) is 30.3 Å². The van der Waals surface area contributed by atoms with Crippen molar-refractivity contribution in [1.82, 2.24) is 0 Å². The third kappa shape index (κ3) is 4.19. The van der Waals surface area contributed by atoms with Gasteiger partial charge in [0.25, 0.3) is 0 Å². The van der Waals surface area contributed by atoms with E-state index in [1.54, 1.807) is 7.11 Å². The molecule has 0 bridgehead atoms. The summed E-state index contributed by atoms with van der Waals surface area (Å²) in [5.41, 5.74) is 0. The van der Waals surface area contributed by atoms with Crippen LogP contribution in [0, 0.1) is 0 Å². The Morgan fingerprint density at radius 1 is 0.889 bits per heavy atom. The first kappa shape index (κ1) is 15.3. The first-order valence-corrected chi connectivity index (χ1v) is 7.97. The van der Waals surface area contributed by atoms with E-state index in [2.05, 4.69) is 0 Å². The Balaban J connectivity index is 2.89. The number of hydrogen-bond donors (Lipinski definition) is 0. The number of benzene rings is 1. The molecule has 0 saturated heterocycles. The number of methoxy groups -OCH3 is 1. The number of rotatable bonds is 9. The zero-order valence-electron chi connectivity index (χ0n) is 11.3. The lowest BCUT2D eigenvalue weighted by molar-refractivity contribution is 0.0564. The summed E-state index contributed by atoms with van der Waals surface area (Å²) in [4.78, 5) is 0. The van der Waals surface area contributed by atoms with Crippen molar-refractivity contribution in [2.24, 2.45) is 0 Å². The van der Waals surface area contributed by atoms with Crippen molar-refractivity contribution < 1.29 is 18.0 Å². The molecule has 0 unspecified atom stereocenters. The Bertz CT molecular complexity index is 312. The molecule has 0 atom stereocenters. The van der Waals surface area contributed by atoms with E-state index < -0.39 is 8.80 Å². The lowest BCUT2D eigenvalue weighted by atomic mass is 10.4. The highest BCUT2D eigenvalue weighted by molar-refractivity contribution is 6.75. The van der Waals surface area contributed by atoms with Gasteiger partial charge in [0.05, 0.1) is 13.2 Å². The van der Waals surface area contributed by atoms with Gasteiger partial charge in [0.2, 0.25) is 0 Å². The van der Waals surface area contributed by atoms with Crippen LogP contribution in [0.25, 0.3) is 0 Å². The zero-order chi connectivity index (χ0) is 13.3. The fourth-order valence-corrected chi connectivity index (χ4v) is 4.12. The van der Waals surface area contributed by atoms with Crippen molar-refractivity contribution in [3.8, 4) is 0 Å². The highest BCUT2D eigenvalue weighted by Crippen LogP contribution is 2.10. The van der Waals surface area contributed by atoms with Gasteiger partial charge in [-0.25, -0.2) is 0 Å². The molecule has 0 heterocycles. The van der Waals surface area contributed by atoms with Crippen LogP contribution in [0.4, 0.5) is 0 Å². The normalized spacial score (nSPS) is 11.7. The number of hydrogen-bond acceptors (Lipinski definition) is 4. The summed E-state index contributed by atoms with van der Waals surface area (Å²) in [5.74, 6) is 0. The second-order valence-corrected chi connectivity index (χ2v) is 6.19. The van der Waals surface area contributed by atoms with Gasteiger partial charge in [-0.1, -0.05) is 30.3 Å². The zero-order valence-corrected chi connectivity index (χ0v) is 12.3. The van der Waals surface area contributed by atoms with Crippen molar-refractivity contribution in [3.63, 3.8) is 0 Å². The van der Waals surface area contributed by atoms with Gasteiger partial charge in [-0.05, 0) is 13.8 Å². The van der Waals surface area contributed by atoms with E-state index in [-0.39, 0.29) is 0 Å². The molecule has 0 N–H and O–H groups in total. The van der Waals surface area contributed by atoms with Crippen molar-refractivity contribution in [1.29, 1.82) is 0 Å². The van der Waals surface area contributed by atoms with Crippen LogP contribution in [-0.4, -0.2) is 42.3 Å². The van der Waals surface area contributed by atoms with E-state index in [1.807, 2.05) is 44.2 Å². The predicted octanol–water partition coefficient (Wildman–Crippen LogP) is 1.57. The average molecular weight is 270 g/mol. The van der Waals surface area contributed by atoms with Crippen LogP contribution in [0.15, 0.2) is 30.3 Å². The van der Waals surface area contributed by atoms with E-state index in [9.17, 15) is 0 Å². The summed E-state index contributed by atoms with van der Waals surface area (Å²) in [7, 11) is -1.14. The minimum Gasteiger partial charge on any atom is -0.382 e. The Labute approximate surface area is 110 Å². The first-order chi connectivity index (χ1) is 8.79. The SMILES string of the molecule is CCO[Si](OCC)(OCCOC)c1ccccc1. The minimum absolute atomic E-state index is 0.470. The first-order valence-electron chi connectivity index (χ1n) is 6.25. The third-order valence-corrected chi connectivity index (χ3v) is 5.34. The molecule has 1 aromatic carbocycles. The maximum absolute atomic E-state index is 5.91. The summed E-state index contributed by atoms with van der Waals surface area (Å²) < 4.78 is 22.6. The average Bonchev–Trinajstić information content (AvgIpc) is 2.40. The molecule has 5 heteroatoms. The van der Waals surface area contributed by atoms with Gasteiger partial charge < -0.3 is 18.0 Å². The van der Waals surface area contributed by atoms with Crippen molar-refractivity contribution >= 4 is 14.0 Å². The lowest BCUT2D eigenvalue weighted by Crippen LogP contribution is -2.57. The molecule has 0 aromatic heterocycles. The molecule has 0 aliphatic carbocycles. The van der Waals surface area contributed by atoms with Gasteiger partial charge in [0, 0.05) is 25.5 Å².